The molecule has 0 spiro atoms. The maximum absolute atomic E-state index is 12.2. The van der Waals surface area contributed by atoms with Gasteiger partial charge in [-0.1, -0.05) is 18.2 Å². The van der Waals surface area contributed by atoms with Crippen LogP contribution >= 0.6 is 0 Å². The van der Waals surface area contributed by atoms with Gasteiger partial charge in [0.1, 0.15) is 0 Å². The lowest BCUT2D eigenvalue weighted by Crippen LogP contribution is -2.21. The van der Waals surface area contributed by atoms with Crippen LogP contribution in [0.25, 0.3) is 10.9 Å². The summed E-state index contributed by atoms with van der Waals surface area (Å²) in [7, 11) is 0. The molecule has 5 nitrogen and oxygen atoms in total. The van der Waals surface area contributed by atoms with Gasteiger partial charge in [0.15, 0.2) is 0 Å². The van der Waals surface area contributed by atoms with Crippen molar-refractivity contribution in [3.8, 4) is 0 Å². The van der Waals surface area contributed by atoms with Gasteiger partial charge in [-0.15, -0.1) is 0 Å². The molecule has 0 unspecified atom stereocenters. The molecule has 2 N–H and O–H groups in total. The van der Waals surface area contributed by atoms with Crippen LogP contribution < -0.4 is 10.3 Å². The summed E-state index contributed by atoms with van der Waals surface area (Å²) in [5.74, 6) is -0.229. The second-order valence-corrected chi connectivity index (χ2v) is 5.74. The molecular formula is C20H22N4O. The Hall–Kier alpha value is -3.08. The molecule has 3 rings (SSSR count). The van der Waals surface area contributed by atoms with Gasteiger partial charge in [0.25, 0.3) is 5.91 Å². The third-order valence-corrected chi connectivity index (χ3v) is 4.22. The summed E-state index contributed by atoms with van der Waals surface area (Å²) in [4.78, 5) is 17.6. The average molecular weight is 334 g/mol. The van der Waals surface area contributed by atoms with Gasteiger partial charge in [-0.05, 0) is 55.1 Å². The molecule has 0 saturated carbocycles. The smallest absolute Gasteiger partial charge is 0.271 e. The third kappa shape index (κ3) is 3.88. The fraction of sp³-hybridized carbons (Fsp3) is 0.200. The number of fused-ring (bicyclic) bond motifs is 1. The monoisotopic (exact) mass is 334 g/mol. The maximum atomic E-state index is 12.2. The van der Waals surface area contributed by atoms with Gasteiger partial charge in [0.2, 0.25) is 0 Å². The van der Waals surface area contributed by atoms with Gasteiger partial charge in [-0.3, -0.25) is 4.79 Å². The van der Waals surface area contributed by atoms with Crippen molar-refractivity contribution in [2.75, 3.05) is 18.0 Å². The van der Waals surface area contributed by atoms with Crippen molar-refractivity contribution in [3.05, 3.63) is 65.9 Å². The first-order chi connectivity index (χ1) is 12.2. The van der Waals surface area contributed by atoms with Gasteiger partial charge in [-0.25, -0.2) is 5.43 Å². The predicted molar refractivity (Wildman–Crippen MR) is 103 cm³/mol. The number of aromatic nitrogens is 1. The fourth-order valence-corrected chi connectivity index (χ4v) is 2.78. The number of hydrazone groups is 1. The first-order valence-electron chi connectivity index (χ1n) is 8.46. The van der Waals surface area contributed by atoms with E-state index in [2.05, 4.69) is 46.4 Å². The fourth-order valence-electron chi connectivity index (χ4n) is 2.78. The molecule has 0 aliphatic carbocycles. The SMILES string of the molecule is CCN(CC)c1ccc(/C=N/NC(=O)c2ccc3cc[nH]c3c2)cc1. The van der Waals surface area contributed by atoms with Crippen molar-refractivity contribution in [1.29, 1.82) is 0 Å². The summed E-state index contributed by atoms with van der Waals surface area (Å²) < 4.78 is 0. The second kappa shape index (κ2) is 7.66. The van der Waals surface area contributed by atoms with E-state index in [-0.39, 0.29) is 5.91 Å². The molecule has 5 heteroatoms. The summed E-state index contributed by atoms with van der Waals surface area (Å²) in [6, 6.07) is 15.6. The molecule has 128 valence electrons. The molecule has 0 fully saturated rings. The van der Waals surface area contributed by atoms with Gasteiger partial charge >= 0.3 is 0 Å². The molecule has 0 aliphatic rings. The van der Waals surface area contributed by atoms with Gasteiger partial charge < -0.3 is 9.88 Å². The number of nitrogens with zero attached hydrogens (tertiary/aromatic N) is 2. The lowest BCUT2D eigenvalue weighted by Gasteiger charge is -2.20. The first kappa shape index (κ1) is 16.8. The minimum absolute atomic E-state index is 0.229. The maximum Gasteiger partial charge on any atom is 0.271 e. The molecule has 25 heavy (non-hydrogen) atoms. The van der Waals surface area contributed by atoms with E-state index in [1.165, 1.54) is 5.69 Å². The third-order valence-electron chi connectivity index (χ3n) is 4.22. The second-order valence-electron chi connectivity index (χ2n) is 5.74. The summed E-state index contributed by atoms with van der Waals surface area (Å²) in [6.45, 7) is 6.23. The number of hydrogen-bond acceptors (Lipinski definition) is 3. The van der Waals surface area contributed by atoms with Crippen molar-refractivity contribution in [3.63, 3.8) is 0 Å². The largest absolute Gasteiger partial charge is 0.372 e. The van der Waals surface area contributed by atoms with Crippen LogP contribution in [-0.4, -0.2) is 30.2 Å². The minimum atomic E-state index is -0.229. The van der Waals surface area contributed by atoms with Crippen molar-refractivity contribution in [1.82, 2.24) is 10.4 Å². The molecular weight excluding hydrogens is 312 g/mol. The van der Waals surface area contributed by atoms with E-state index in [4.69, 9.17) is 0 Å². The van der Waals surface area contributed by atoms with Crippen LogP contribution in [0.3, 0.4) is 0 Å². The Bertz CT molecular complexity index is 876. The van der Waals surface area contributed by atoms with E-state index < -0.39 is 0 Å². The number of carbonyl (C=O) groups is 1. The molecule has 1 aromatic heterocycles. The number of H-pyrrole nitrogens is 1. The van der Waals surface area contributed by atoms with Crippen LogP contribution in [0.1, 0.15) is 29.8 Å². The molecule has 1 amide bonds. The summed E-state index contributed by atoms with van der Waals surface area (Å²) in [6.07, 6.45) is 3.50. The van der Waals surface area contributed by atoms with Crippen LogP contribution in [0.15, 0.2) is 59.8 Å². The number of aromatic amines is 1. The van der Waals surface area contributed by atoms with E-state index in [0.717, 1.165) is 29.6 Å². The highest BCUT2D eigenvalue weighted by atomic mass is 16.2. The average Bonchev–Trinajstić information content (AvgIpc) is 3.11. The van der Waals surface area contributed by atoms with Crippen LogP contribution in [0.4, 0.5) is 5.69 Å². The number of carbonyl (C=O) groups excluding carboxylic acids is 1. The van der Waals surface area contributed by atoms with Gasteiger partial charge in [0.05, 0.1) is 6.21 Å². The highest BCUT2D eigenvalue weighted by Crippen LogP contribution is 2.15. The van der Waals surface area contributed by atoms with Crippen molar-refractivity contribution in [2.45, 2.75) is 13.8 Å². The molecule has 3 aromatic rings. The molecule has 1 heterocycles. The van der Waals surface area contributed by atoms with Crippen LogP contribution in [0.5, 0.6) is 0 Å². The molecule has 0 aliphatic heterocycles. The van der Waals surface area contributed by atoms with Crippen LogP contribution in [0, 0.1) is 0 Å². The highest BCUT2D eigenvalue weighted by Gasteiger charge is 2.05. The van der Waals surface area contributed by atoms with E-state index >= 15 is 0 Å². The number of nitrogens with one attached hydrogen (secondary N) is 2. The summed E-state index contributed by atoms with van der Waals surface area (Å²) in [5.41, 5.74) is 6.20. The van der Waals surface area contributed by atoms with E-state index in [0.29, 0.717) is 5.56 Å². The first-order valence-corrected chi connectivity index (χ1v) is 8.46. The molecule has 0 radical (unpaired) electrons. The highest BCUT2D eigenvalue weighted by molar-refractivity contribution is 5.98. The zero-order chi connectivity index (χ0) is 17.6. The van der Waals surface area contributed by atoms with Crippen LogP contribution in [-0.2, 0) is 0 Å². The number of anilines is 1. The molecule has 0 saturated heterocycles. The Morgan fingerprint density at radius 3 is 2.60 bits per heavy atom. The Balaban J connectivity index is 1.63. The number of hydrogen-bond donors (Lipinski definition) is 2. The quantitative estimate of drug-likeness (QED) is 0.532. The summed E-state index contributed by atoms with van der Waals surface area (Å²) >= 11 is 0. The van der Waals surface area contributed by atoms with Crippen molar-refractivity contribution >= 4 is 28.7 Å². The van der Waals surface area contributed by atoms with Gasteiger partial charge in [0, 0.05) is 36.1 Å². The number of rotatable bonds is 6. The zero-order valence-electron chi connectivity index (χ0n) is 14.5. The summed E-state index contributed by atoms with van der Waals surface area (Å²) in [5, 5.41) is 5.13. The number of amides is 1. The normalized spacial score (nSPS) is 11.1. The van der Waals surface area contributed by atoms with E-state index in [9.17, 15) is 4.79 Å². The lowest BCUT2D eigenvalue weighted by atomic mass is 10.1. The van der Waals surface area contributed by atoms with Gasteiger partial charge in [-0.2, -0.15) is 5.10 Å². The number of benzene rings is 2. The molecule has 0 atom stereocenters. The van der Waals surface area contributed by atoms with E-state index in [1.807, 2.05) is 36.5 Å². The molecule has 2 aromatic carbocycles. The van der Waals surface area contributed by atoms with Crippen LogP contribution in [0.2, 0.25) is 0 Å². The Morgan fingerprint density at radius 1 is 1.12 bits per heavy atom. The lowest BCUT2D eigenvalue weighted by molar-refractivity contribution is 0.0955. The van der Waals surface area contributed by atoms with E-state index in [1.54, 1.807) is 12.3 Å². The predicted octanol–water partition coefficient (Wildman–Crippen LogP) is 3.78. The Labute approximate surface area is 147 Å². The topological polar surface area (TPSA) is 60.5 Å². The molecule has 0 bridgehead atoms. The van der Waals surface area contributed by atoms with Crippen molar-refractivity contribution in [2.24, 2.45) is 5.10 Å². The Kier molecular flexibility index (Phi) is 5.14. The minimum Gasteiger partial charge on any atom is -0.372 e. The van der Waals surface area contributed by atoms with Crippen molar-refractivity contribution < 1.29 is 4.79 Å². The standard InChI is InChI=1S/C20H22N4O/c1-3-24(4-2)18-9-5-15(6-10-18)14-22-23-20(25)17-8-7-16-11-12-21-19(16)13-17/h5-14,21H,3-4H2,1-2H3,(H,23,25)/b22-14+. The zero-order valence-corrected chi connectivity index (χ0v) is 14.5. The Morgan fingerprint density at radius 2 is 1.88 bits per heavy atom.